The van der Waals surface area contributed by atoms with Crippen LogP contribution in [0, 0.1) is 0 Å². The van der Waals surface area contributed by atoms with Crippen LogP contribution in [0.5, 0.6) is 0 Å². The summed E-state index contributed by atoms with van der Waals surface area (Å²) in [6.07, 6.45) is 5.17. The number of rotatable bonds is 6. The summed E-state index contributed by atoms with van der Waals surface area (Å²) in [7, 11) is 0. The van der Waals surface area contributed by atoms with Crippen molar-refractivity contribution in [2.75, 3.05) is 0 Å². The van der Waals surface area contributed by atoms with Crippen molar-refractivity contribution in [3.8, 4) is 0 Å². The van der Waals surface area contributed by atoms with E-state index in [1.165, 1.54) is 0 Å². The normalized spacial score (nSPS) is 24.3. The zero-order valence-electron chi connectivity index (χ0n) is 12.2. The molecule has 0 aromatic rings. The second-order valence-corrected chi connectivity index (χ2v) is 5.38. The third-order valence-electron chi connectivity index (χ3n) is 3.93. The molecule has 1 aliphatic rings. The monoisotopic (exact) mass is 270 g/mol. The predicted octanol–water partition coefficient (Wildman–Crippen LogP) is 2.60. The van der Waals surface area contributed by atoms with Gasteiger partial charge in [-0.3, -0.25) is 0 Å². The number of aliphatic carboxylic acids is 1. The standard InChI is InChI=1S/C14H26N2O3/c1-4-6-7-12(13(17)18)15-14(19)16-10(3)8-9-11(16)5-2/h10-12H,4-9H2,1-3H3,(H,15,19)(H,17,18). The molecule has 0 radical (unpaired) electrons. The topological polar surface area (TPSA) is 69.6 Å². The van der Waals surface area contributed by atoms with Crippen molar-refractivity contribution in [2.24, 2.45) is 0 Å². The number of hydrogen-bond acceptors (Lipinski definition) is 2. The summed E-state index contributed by atoms with van der Waals surface area (Å²) in [6.45, 7) is 6.10. The SMILES string of the molecule is CCCCC(NC(=O)N1C(C)CCC1CC)C(=O)O. The van der Waals surface area contributed by atoms with Gasteiger partial charge in [0.05, 0.1) is 0 Å². The first kappa shape index (κ1) is 15.8. The van der Waals surface area contributed by atoms with Gasteiger partial charge in [-0.2, -0.15) is 0 Å². The van der Waals surface area contributed by atoms with Crippen molar-refractivity contribution in [1.29, 1.82) is 0 Å². The third kappa shape index (κ3) is 4.11. The largest absolute Gasteiger partial charge is 0.480 e. The molecule has 1 aliphatic heterocycles. The first-order valence-corrected chi connectivity index (χ1v) is 7.32. The Morgan fingerprint density at radius 2 is 2.05 bits per heavy atom. The Balaban J connectivity index is 2.62. The maximum atomic E-state index is 12.3. The summed E-state index contributed by atoms with van der Waals surface area (Å²) in [5.74, 6) is -0.943. The van der Waals surface area contributed by atoms with Gasteiger partial charge in [0.25, 0.3) is 0 Å². The van der Waals surface area contributed by atoms with Gasteiger partial charge in [-0.15, -0.1) is 0 Å². The highest BCUT2D eigenvalue weighted by Gasteiger charge is 2.34. The summed E-state index contributed by atoms with van der Waals surface area (Å²) in [5, 5.41) is 11.8. The number of nitrogens with zero attached hydrogens (tertiary/aromatic N) is 1. The minimum absolute atomic E-state index is 0.200. The molecule has 0 saturated carbocycles. The predicted molar refractivity (Wildman–Crippen MR) is 74.1 cm³/mol. The molecule has 1 saturated heterocycles. The van der Waals surface area contributed by atoms with E-state index in [9.17, 15) is 9.59 Å². The smallest absolute Gasteiger partial charge is 0.326 e. The maximum Gasteiger partial charge on any atom is 0.326 e. The molecule has 110 valence electrons. The highest BCUT2D eigenvalue weighted by atomic mass is 16.4. The molecule has 19 heavy (non-hydrogen) atoms. The lowest BCUT2D eigenvalue weighted by molar-refractivity contribution is -0.139. The molecule has 0 aliphatic carbocycles. The number of urea groups is 1. The molecule has 1 heterocycles. The Morgan fingerprint density at radius 1 is 1.37 bits per heavy atom. The van der Waals surface area contributed by atoms with E-state index in [0.29, 0.717) is 6.42 Å². The van der Waals surface area contributed by atoms with Crippen LogP contribution < -0.4 is 5.32 Å². The number of carboxylic acid groups (broad SMARTS) is 1. The molecule has 3 unspecified atom stereocenters. The van der Waals surface area contributed by atoms with Crippen LogP contribution in [-0.4, -0.2) is 40.1 Å². The highest BCUT2D eigenvalue weighted by molar-refractivity contribution is 5.83. The van der Waals surface area contributed by atoms with Crippen LogP contribution in [0.2, 0.25) is 0 Å². The lowest BCUT2D eigenvalue weighted by Crippen LogP contribution is -2.51. The van der Waals surface area contributed by atoms with E-state index in [0.717, 1.165) is 32.1 Å². The van der Waals surface area contributed by atoms with Crippen LogP contribution in [0.15, 0.2) is 0 Å². The molecule has 1 rings (SSSR count). The molecule has 1 fully saturated rings. The van der Waals surface area contributed by atoms with Gasteiger partial charge in [0, 0.05) is 12.1 Å². The Labute approximate surface area is 115 Å². The molecule has 2 amide bonds. The summed E-state index contributed by atoms with van der Waals surface area (Å²) in [6, 6.07) is -0.542. The lowest BCUT2D eigenvalue weighted by Gasteiger charge is -2.29. The van der Waals surface area contributed by atoms with Crippen LogP contribution in [0.25, 0.3) is 0 Å². The van der Waals surface area contributed by atoms with Gasteiger partial charge in [0.15, 0.2) is 0 Å². The van der Waals surface area contributed by atoms with E-state index < -0.39 is 12.0 Å². The van der Waals surface area contributed by atoms with Crippen LogP contribution in [-0.2, 0) is 4.79 Å². The van der Waals surface area contributed by atoms with Gasteiger partial charge in [-0.25, -0.2) is 9.59 Å². The average Bonchev–Trinajstić information content (AvgIpc) is 2.75. The van der Waals surface area contributed by atoms with Gasteiger partial charge in [0.1, 0.15) is 6.04 Å². The van der Waals surface area contributed by atoms with Crippen molar-refractivity contribution in [3.05, 3.63) is 0 Å². The molecule has 5 nitrogen and oxygen atoms in total. The first-order valence-electron chi connectivity index (χ1n) is 7.32. The third-order valence-corrected chi connectivity index (χ3v) is 3.93. The van der Waals surface area contributed by atoms with E-state index in [1.54, 1.807) is 0 Å². The molecule has 0 bridgehead atoms. The minimum Gasteiger partial charge on any atom is -0.480 e. The minimum atomic E-state index is -0.943. The second-order valence-electron chi connectivity index (χ2n) is 5.38. The van der Waals surface area contributed by atoms with E-state index in [-0.39, 0.29) is 18.1 Å². The highest BCUT2D eigenvalue weighted by Crippen LogP contribution is 2.26. The molecule has 2 N–H and O–H groups in total. The fourth-order valence-electron chi connectivity index (χ4n) is 2.73. The number of nitrogens with one attached hydrogen (secondary N) is 1. The molecular weight excluding hydrogens is 244 g/mol. The molecule has 5 heteroatoms. The molecular formula is C14H26N2O3. The van der Waals surface area contributed by atoms with Crippen molar-refractivity contribution in [3.63, 3.8) is 0 Å². The molecule has 0 aromatic carbocycles. The van der Waals surface area contributed by atoms with Crippen molar-refractivity contribution < 1.29 is 14.7 Å². The van der Waals surface area contributed by atoms with E-state index in [1.807, 2.05) is 18.7 Å². The number of amides is 2. The van der Waals surface area contributed by atoms with E-state index >= 15 is 0 Å². The summed E-state index contributed by atoms with van der Waals surface area (Å²) < 4.78 is 0. The van der Waals surface area contributed by atoms with Gasteiger partial charge >= 0.3 is 12.0 Å². The number of unbranched alkanes of at least 4 members (excludes halogenated alkanes) is 1. The number of carbonyl (C=O) groups excluding carboxylic acids is 1. The quantitative estimate of drug-likeness (QED) is 0.779. The Hall–Kier alpha value is -1.26. The number of likely N-dealkylation sites (tertiary alicyclic amines) is 1. The van der Waals surface area contributed by atoms with E-state index in [2.05, 4.69) is 12.2 Å². The van der Waals surface area contributed by atoms with Gasteiger partial charge in [0.2, 0.25) is 0 Å². The van der Waals surface area contributed by atoms with Crippen molar-refractivity contribution in [2.45, 2.75) is 77.4 Å². The van der Waals surface area contributed by atoms with Crippen molar-refractivity contribution in [1.82, 2.24) is 10.2 Å². The average molecular weight is 270 g/mol. The second kappa shape index (κ2) is 7.36. The number of carboxylic acids is 1. The number of carbonyl (C=O) groups is 2. The zero-order valence-corrected chi connectivity index (χ0v) is 12.2. The molecule has 0 aromatic heterocycles. The van der Waals surface area contributed by atoms with Gasteiger partial charge < -0.3 is 15.3 Å². The van der Waals surface area contributed by atoms with Crippen LogP contribution in [0.1, 0.15) is 59.3 Å². The van der Waals surface area contributed by atoms with Gasteiger partial charge in [-0.1, -0.05) is 26.7 Å². The van der Waals surface area contributed by atoms with Gasteiger partial charge in [-0.05, 0) is 32.6 Å². The maximum absolute atomic E-state index is 12.3. The lowest BCUT2D eigenvalue weighted by atomic mass is 10.1. The Morgan fingerprint density at radius 3 is 2.58 bits per heavy atom. The first-order chi connectivity index (χ1) is 9.01. The van der Waals surface area contributed by atoms with E-state index in [4.69, 9.17) is 5.11 Å². The van der Waals surface area contributed by atoms with Crippen LogP contribution in [0.3, 0.4) is 0 Å². The summed E-state index contributed by atoms with van der Waals surface area (Å²) in [5.41, 5.74) is 0. The fraction of sp³-hybridized carbons (Fsp3) is 0.857. The zero-order chi connectivity index (χ0) is 14.4. The van der Waals surface area contributed by atoms with Crippen LogP contribution in [0.4, 0.5) is 4.79 Å². The Kier molecular flexibility index (Phi) is 6.12. The molecule has 3 atom stereocenters. The molecule has 0 spiro atoms. The summed E-state index contributed by atoms with van der Waals surface area (Å²) >= 11 is 0. The Bertz CT molecular complexity index is 320. The number of hydrogen-bond donors (Lipinski definition) is 2. The summed E-state index contributed by atoms with van der Waals surface area (Å²) in [4.78, 5) is 25.2. The fourth-order valence-corrected chi connectivity index (χ4v) is 2.73. The van der Waals surface area contributed by atoms with Crippen LogP contribution >= 0.6 is 0 Å². The van der Waals surface area contributed by atoms with Crippen molar-refractivity contribution >= 4 is 12.0 Å².